The second-order valence-corrected chi connectivity index (χ2v) is 9.35. The average molecular weight is 494 g/mol. The predicted octanol–water partition coefficient (Wildman–Crippen LogP) is 4.59. The summed E-state index contributed by atoms with van der Waals surface area (Å²) in [6.45, 7) is 7.22. The summed E-state index contributed by atoms with van der Waals surface area (Å²) in [7, 11) is 2.16. The van der Waals surface area contributed by atoms with Crippen LogP contribution in [0.4, 0.5) is 17.3 Å². The summed E-state index contributed by atoms with van der Waals surface area (Å²) in [5.74, 6) is 0.270. The monoisotopic (exact) mass is 493 g/mol. The molecule has 2 N–H and O–H groups in total. The molecular formula is C29H31N7O. The van der Waals surface area contributed by atoms with Gasteiger partial charge < -0.3 is 15.5 Å². The van der Waals surface area contributed by atoms with Gasteiger partial charge in [-0.2, -0.15) is 0 Å². The Labute approximate surface area is 217 Å². The van der Waals surface area contributed by atoms with E-state index in [0.717, 1.165) is 55.1 Å². The largest absolute Gasteiger partial charge is 0.322 e. The molecule has 1 fully saturated rings. The third kappa shape index (κ3) is 5.99. The van der Waals surface area contributed by atoms with Crippen molar-refractivity contribution in [1.29, 1.82) is 0 Å². The van der Waals surface area contributed by atoms with Crippen LogP contribution in [-0.4, -0.2) is 63.9 Å². The number of rotatable bonds is 7. The van der Waals surface area contributed by atoms with Crippen LogP contribution in [0.15, 0.2) is 79.4 Å². The molecule has 1 saturated heterocycles. The molecule has 8 heteroatoms. The first-order valence-electron chi connectivity index (χ1n) is 12.5. The van der Waals surface area contributed by atoms with Crippen LogP contribution in [0.5, 0.6) is 0 Å². The highest BCUT2D eigenvalue weighted by Gasteiger charge is 2.18. The Hall–Kier alpha value is -4.14. The van der Waals surface area contributed by atoms with Crippen molar-refractivity contribution in [2.45, 2.75) is 13.5 Å². The van der Waals surface area contributed by atoms with Gasteiger partial charge in [-0.1, -0.05) is 24.3 Å². The smallest absolute Gasteiger partial charge is 0.255 e. The number of nitrogens with zero attached hydrogens (tertiary/aromatic N) is 5. The Balaban J connectivity index is 1.39. The second-order valence-electron chi connectivity index (χ2n) is 9.35. The quantitative estimate of drug-likeness (QED) is 0.389. The van der Waals surface area contributed by atoms with Crippen molar-refractivity contribution in [3.8, 4) is 11.1 Å². The van der Waals surface area contributed by atoms with Crippen LogP contribution in [0.3, 0.4) is 0 Å². The van der Waals surface area contributed by atoms with Crippen molar-refractivity contribution in [2.75, 3.05) is 43.9 Å². The molecule has 1 aliphatic rings. The number of aromatic nitrogens is 3. The maximum absolute atomic E-state index is 13.3. The number of carbonyl (C=O) groups excluding carboxylic acids is 1. The van der Waals surface area contributed by atoms with Gasteiger partial charge in [-0.3, -0.25) is 14.7 Å². The van der Waals surface area contributed by atoms with Crippen molar-refractivity contribution >= 4 is 23.2 Å². The fourth-order valence-corrected chi connectivity index (χ4v) is 4.52. The summed E-state index contributed by atoms with van der Waals surface area (Å²) in [5.41, 5.74) is 6.08. The molecule has 0 radical (unpaired) electrons. The number of hydrogen-bond acceptors (Lipinski definition) is 7. The van der Waals surface area contributed by atoms with Gasteiger partial charge in [0, 0.05) is 74.2 Å². The summed E-state index contributed by atoms with van der Waals surface area (Å²) >= 11 is 0. The second kappa shape index (κ2) is 11.3. The van der Waals surface area contributed by atoms with Crippen molar-refractivity contribution < 1.29 is 4.79 Å². The van der Waals surface area contributed by atoms with Gasteiger partial charge in [0.1, 0.15) is 0 Å². The summed E-state index contributed by atoms with van der Waals surface area (Å²) < 4.78 is 0. The lowest BCUT2D eigenvalue weighted by Crippen LogP contribution is -2.43. The van der Waals surface area contributed by atoms with E-state index in [1.807, 2.05) is 61.7 Å². The molecule has 0 atom stereocenters. The predicted molar refractivity (Wildman–Crippen MR) is 147 cm³/mol. The molecular weight excluding hydrogens is 462 g/mol. The van der Waals surface area contributed by atoms with Crippen molar-refractivity contribution in [2.24, 2.45) is 0 Å². The van der Waals surface area contributed by atoms with Gasteiger partial charge in [0.2, 0.25) is 5.95 Å². The summed E-state index contributed by atoms with van der Waals surface area (Å²) in [4.78, 5) is 31.0. The molecule has 0 unspecified atom stereocenters. The molecule has 0 aliphatic carbocycles. The van der Waals surface area contributed by atoms with Gasteiger partial charge >= 0.3 is 0 Å². The van der Waals surface area contributed by atoms with E-state index < -0.39 is 0 Å². The first kappa shape index (κ1) is 24.5. The molecule has 0 spiro atoms. The number of anilines is 3. The van der Waals surface area contributed by atoms with Crippen molar-refractivity contribution in [3.63, 3.8) is 0 Å². The van der Waals surface area contributed by atoms with E-state index in [1.54, 1.807) is 24.7 Å². The SMILES string of the molecule is Cc1ccc(NC(=O)c2ccc(CN3CCN(C)CC3)cc2)c(Nc2ncccn2)c1-c1cccnc1. The number of hydrogen-bond donors (Lipinski definition) is 2. The maximum atomic E-state index is 13.3. The van der Waals surface area contributed by atoms with E-state index >= 15 is 0 Å². The highest BCUT2D eigenvalue weighted by Crippen LogP contribution is 2.38. The zero-order chi connectivity index (χ0) is 25.6. The van der Waals surface area contributed by atoms with Crippen LogP contribution in [0, 0.1) is 6.92 Å². The Morgan fingerprint density at radius 1 is 0.919 bits per heavy atom. The molecule has 4 aromatic rings. The number of likely N-dealkylation sites (N-methyl/N-ethyl adjacent to an activating group) is 1. The lowest BCUT2D eigenvalue weighted by Gasteiger charge is -2.32. The van der Waals surface area contributed by atoms with Gasteiger partial charge in [-0.15, -0.1) is 0 Å². The van der Waals surface area contributed by atoms with Crippen molar-refractivity contribution in [3.05, 3.63) is 96.1 Å². The number of benzene rings is 2. The third-order valence-electron chi connectivity index (χ3n) is 6.63. The minimum atomic E-state index is -0.177. The lowest BCUT2D eigenvalue weighted by atomic mass is 9.98. The topological polar surface area (TPSA) is 86.3 Å². The molecule has 0 bridgehead atoms. The summed E-state index contributed by atoms with van der Waals surface area (Å²) in [5, 5.41) is 6.42. The molecule has 2 aromatic carbocycles. The molecule has 0 saturated carbocycles. The standard InChI is InChI=1S/C29H31N7O/c1-21-6-11-25(27(34-29-31-13-4-14-32-29)26(21)24-5-3-12-30-19-24)33-28(37)23-9-7-22(8-10-23)20-36-17-15-35(2)16-18-36/h3-14,19H,15-18,20H2,1-2H3,(H,33,37)(H,31,32,34). The normalized spacial score (nSPS) is 14.3. The van der Waals surface area contributed by atoms with Gasteiger partial charge in [0.25, 0.3) is 5.91 Å². The number of piperazine rings is 1. The number of carbonyl (C=O) groups is 1. The van der Waals surface area contributed by atoms with E-state index in [9.17, 15) is 4.79 Å². The zero-order valence-electron chi connectivity index (χ0n) is 21.2. The highest BCUT2D eigenvalue weighted by atomic mass is 16.1. The van der Waals surface area contributed by atoms with Crippen molar-refractivity contribution in [1.82, 2.24) is 24.8 Å². The molecule has 1 amide bonds. The van der Waals surface area contributed by atoms with Gasteiger partial charge in [-0.25, -0.2) is 9.97 Å². The van der Waals surface area contributed by atoms with Gasteiger partial charge in [0.05, 0.1) is 11.4 Å². The van der Waals surface area contributed by atoms with Crippen LogP contribution >= 0.6 is 0 Å². The van der Waals surface area contributed by atoms with E-state index in [1.165, 1.54) is 5.56 Å². The summed E-state index contributed by atoms with van der Waals surface area (Å²) in [6.07, 6.45) is 6.91. The molecule has 5 rings (SSSR count). The average Bonchev–Trinajstić information content (AvgIpc) is 2.93. The minimum Gasteiger partial charge on any atom is -0.322 e. The fourth-order valence-electron chi connectivity index (χ4n) is 4.52. The molecule has 37 heavy (non-hydrogen) atoms. The zero-order valence-corrected chi connectivity index (χ0v) is 21.2. The molecule has 2 aromatic heterocycles. The number of amides is 1. The number of pyridine rings is 1. The Morgan fingerprint density at radius 3 is 2.38 bits per heavy atom. The van der Waals surface area contributed by atoms with Crippen LogP contribution in [-0.2, 0) is 6.54 Å². The molecule has 8 nitrogen and oxygen atoms in total. The van der Waals surface area contributed by atoms with Crippen LogP contribution in [0.25, 0.3) is 11.1 Å². The Morgan fingerprint density at radius 2 is 1.68 bits per heavy atom. The fraction of sp³-hybridized carbons (Fsp3) is 0.241. The van der Waals surface area contributed by atoms with E-state index in [0.29, 0.717) is 17.2 Å². The first-order valence-corrected chi connectivity index (χ1v) is 12.5. The number of nitrogens with one attached hydrogen (secondary N) is 2. The molecule has 3 heterocycles. The van der Waals surface area contributed by atoms with Crippen LogP contribution in [0.2, 0.25) is 0 Å². The Bertz CT molecular complexity index is 1340. The first-order chi connectivity index (χ1) is 18.1. The minimum absolute atomic E-state index is 0.177. The van der Waals surface area contributed by atoms with E-state index in [2.05, 4.69) is 42.4 Å². The number of aryl methyl sites for hydroxylation is 1. The third-order valence-corrected chi connectivity index (χ3v) is 6.63. The van der Waals surface area contributed by atoms with E-state index in [4.69, 9.17) is 0 Å². The maximum Gasteiger partial charge on any atom is 0.255 e. The van der Waals surface area contributed by atoms with Crippen LogP contribution < -0.4 is 10.6 Å². The van der Waals surface area contributed by atoms with Gasteiger partial charge in [-0.05, 0) is 55.4 Å². The Kier molecular flexibility index (Phi) is 7.49. The molecule has 1 aliphatic heterocycles. The van der Waals surface area contributed by atoms with Gasteiger partial charge in [0.15, 0.2) is 0 Å². The highest BCUT2D eigenvalue weighted by molar-refractivity contribution is 6.07. The lowest BCUT2D eigenvalue weighted by molar-refractivity contribution is 0.102. The summed E-state index contributed by atoms with van der Waals surface area (Å²) in [6, 6.07) is 17.4. The molecule has 188 valence electrons. The van der Waals surface area contributed by atoms with Crippen LogP contribution in [0.1, 0.15) is 21.5 Å². The van der Waals surface area contributed by atoms with E-state index in [-0.39, 0.29) is 5.91 Å².